The molecule has 0 spiro atoms. The summed E-state index contributed by atoms with van der Waals surface area (Å²) >= 11 is 0. The van der Waals surface area contributed by atoms with Crippen molar-refractivity contribution in [2.24, 2.45) is 0 Å². The van der Waals surface area contributed by atoms with Crippen molar-refractivity contribution in [1.29, 1.82) is 0 Å². The van der Waals surface area contributed by atoms with Crippen LogP contribution in [0.1, 0.15) is 11.3 Å². The first-order chi connectivity index (χ1) is 6.81. The van der Waals surface area contributed by atoms with Gasteiger partial charge in [-0.1, -0.05) is 0 Å². The summed E-state index contributed by atoms with van der Waals surface area (Å²) in [5, 5.41) is 13.2. The van der Waals surface area contributed by atoms with E-state index in [9.17, 15) is 0 Å². The van der Waals surface area contributed by atoms with Crippen molar-refractivity contribution >= 4 is 0 Å². The van der Waals surface area contributed by atoms with E-state index in [2.05, 4.69) is 15.1 Å². The second kappa shape index (κ2) is 3.55. The summed E-state index contributed by atoms with van der Waals surface area (Å²) in [6, 6.07) is 1.74. The van der Waals surface area contributed by atoms with Gasteiger partial charge in [0.1, 0.15) is 0 Å². The Kier molecular flexibility index (Phi) is 2.24. The number of nitrogens with zero attached hydrogens (tertiary/aromatic N) is 4. The monoisotopic (exact) mass is 190 g/mol. The molecular weight excluding hydrogens is 180 g/mol. The molecule has 0 saturated heterocycles. The van der Waals surface area contributed by atoms with Crippen LogP contribution in [0.2, 0.25) is 0 Å². The van der Waals surface area contributed by atoms with E-state index in [1.165, 1.54) is 0 Å². The van der Waals surface area contributed by atoms with Crippen LogP contribution in [0.3, 0.4) is 0 Å². The molecule has 2 heterocycles. The lowest BCUT2D eigenvalue weighted by atomic mass is 10.3. The maximum atomic E-state index is 8.98. The Morgan fingerprint density at radius 3 is 2.64 bits per heavy atom. The topological polar surface area (TPSA) is 63.8 Å². The fourth-order valence-electron chi connectivity index (χ4n) is 1.16. The van der Waals surface area contributed by atoms with Crippen molar-refractivity contribution in [2.75, 3.05) is 0 Å². The largest absolute Gasteiger partial charge is 0.392 e. The van der Waals surface area contributed by atoms with Crippen LogP contribution in [0.15, 0.2) is 24.7 Å². The first-order valence-electron chi connectivity index (χ1n) is 4.24. The molecule has 5 heteroatoms. The third-order valence-electron chi connectivity index (χ3n) is 1.93. The third-order valence-corrected chi connectivity index (χ3v) is 1.93. The Morgan fingerprint density at radius 1 is 1.36 bits per heavy atom. The van der Waals surface area contributed by atoms with Gasteiger partial charge in [0.05, 0.1) is 12.3 Å². The Morgan fingerprint density at radius 2 is 2.07 bits per heavy atom. The highest BCUT2D eigenvalue weighted by Crippen LogP contribution is 2.07. The van der Waals surface area contributed by atoms with Crippen molar-refractivity contribution in [3.8, 4) is 5.95 Å². The third kappa shape index (κ3) is 1.49. The van der Waals surface area contributed by atoms with Gasteiger partial charge in [-0.2, -0.15) is 5.10 Å². The molecule has 14 heavy (non-hydrogen) atoms. The van der Waals surface area contributed by atoms with Crippen LogP contribution in [0.25, 0.3) is 5.95 Å². The highest BCUT2D eigenvalue weighted by Gasteiger charge is 2.05. The number of hydrogen-bond acceptors (Lipinski definition) is 4. The zero-order chi connectivity index (χ0) is 9.97. The van der Waals surface area contributed by atoms with E-state index in [-0.39, 0.29) is 6.61 Å². The Balaban J connectivity index is 2.43. The van der Waals surface area contributed by atoms with E-state index in [4.69, 9.17) is 5.11 Å². The van der Waals surface area contributed by atoms with Crippen LogP contribution in [-0.4, -0.2) is 24.9 Å². The lowest BCUT2D eigenvalue weighted by Crippen LogP contribution is -2.00. The van der Waals surface area contributed by atoms with Gasteiger partial charge in [0.2, 0.25) is 5.95 Å². The fraction of sp³-hybridized carbons (Fsp3) is 0.222. The van der Waals surface area contributed by atoms with E-state index < -0.39 is 0 Å². The SMILES string of the molecule is Cc1nn(-c2ncccn2)cc1CO. The van der Waals surface area contributed by atoms with Crippen LogP contribution in [-0.2, 0) is 6.61 Å². The zero-order valence-corrected chi connectivity index (χ0v) is 7.75. The van der Waals surface area contributed by atoms with Crippen LogP contribution >= 0.6 is 0 Å². The van der Waals surface area contributed by atoms with Gasteiger partial charge < -0.3 is 5.11 Å². The Labute approximate surface area is 81.1 Å². The lowest BCUT2D eigenvalue weighted by molar-refractivity contribution is 0.281. The van der Waals surface area contributed by atoms with Crippen LogP contribution in [0.5, 0.6) is 0 Å². The molecule has 2 aromatic rings. The predicted octanol–water partition coefficient (Wildman–Crippen LogP) is 0.463. The highest BCUT2D eigenvalue weighted by molar-refractivity contribution is 5.19. The van der Waals surface area contributed by atoms with Gasteiger partial charge >= 0.3 is 0 Å². The molecule has 72 valence electrons. The number of aryl methyl sites for hydroxylation is 1. The summed E-state index contributed by atoms with van der Waals surface area (Å²) in [6.07, 6.45) is 5.03. The smallest absolute Gasteiger partial charge is 0.250 e. The molecule has 0 aliphatic heterocycles. The quantitative estimate of drug-likeness (QED) is 0.747. The van der Waals surface area contributed by atoms with Crippen molar-refractivity contribution in [1.82, 2.24) is 19.7 Å². The van der Waals surface area contributed by atoms with E-state index in [0.717, 1.165) is 11.3 Å². The van der Waals surface area contributed by atoms with E-state index in [1.807, 2.05) is 6.92 Å². The minimum atomic E-state index is -0.0152. The second-order valence-corrected chi connectivity index (χ2v) is 2.89. The molecule has 5 nitrogen and oxygen atoms in total. The molecule has 0 atom stereocenters. The molecule has 0 bridgehead atoms. The molecule has 1 N–H and O–H groups in total. The number of hydrogen-bond donors (Lipinski definition) is 1. The second-order valence-electron chi connectivity index (χ2n) is 2.89. The summed E-state index contributed by atoms with van der Waals surface area (Å²) in [5.74, 6) is 0.510. The molecule has 0 amide bonds. The standard InChI is InChI=1S/C9H10N4O/c1-7-8(6-14)5-13(12-7)9-10-3-2-4-11-9/h2-5,14H,6H2,1H3. The average Bonchev–Trinajstić information content (AvgIpc) is 2.61. The molecular formula is C9H10N4O. The molecule has 0 aromatic carbocycles. The van der Waals surface area contributed by atoms with Gasteiger partial charge in [-0.25, -0.2) is 14.6 Å². The summed E-state index contributed by atoms with van der Waals surface area (Å²) in [5.41, 5.74) is 1.58. The first-order valence-corrected chi connectivity index (χ1v) is 4.24. The van der Waals surface area contributed by atoms with Crippen molar-refractivity contribution in [2.45, 2.75) is 13.5 Å². The molecule has 0 fully saturated rings. The summed E-state index contributed by atoms with van der Waals surface area (Å²) in [6.45, 7) is 1.82. The molecule has 0 aliphatic carbocycles. The van der Waals surface area contributed by atoms with E-state index in [0.29, 0.717) is 5.95 Å². The minimum absolute atomic E-state index is 0.0152. The summed E-state index contributed by atoms with van der Waals surface area (Å²) in [7, 11) is 0. The Hall–Kier alpha value is -1.75. The molecule has 0 aliphatic rings. The van der Waals surface area contributed by atoms with Crippen LogP contribution in [0.4, 0.5) is 0 Å². The highest BCUT2D eigenvalue weighted by atomic mass is 16.3. The molecule has 0 saturated carbocycles. The number of aliphatic hydroxyl groups is 1. The van der Waals surface area contributed by atoms with Crippen molar-refractivity contribution < 1.29 is 5.11 Å². The normalized spacial score (nSPS) is 10.4. The van der Waals surface area contributed by atoms with Crippen molar-refractivity contribution in [3.63, 3.8) is 0 Å². The van der Waals surface area contributed by atoms with Gasteiger partial charge in [-0.15, -0.1) is 0 Å². The van der Waals surface area contributed by atoms with Gasteiger partial charge in [-0.3, -0.25) is 0 Å². The van der Waals surface area contributed by atoms with Crippen LogP contribution < -0.4 is 0 Å². The minimum Gasteiger partial charge on any atom is -0.392 e. The van der Waals surface area contributed by atoms with E-state index >= 15 is 0 Å². The number of rotatable bonds is 2. The van der Waals surface area contributed by atoms with Crippen LogP contribution in [0, 0.1) is 6.92 Å². The summed E-state index contributed by atoms with van der Waals surface area (Å²) < 4.78 is 1.56. The zero-order valence-electron chi connectivity index (χ0n) is 7.75. The lowest BCUT2D eigenvalue weighted by Gasteiger charge is -1.95. The number of aromatic nitrogens is 4. The maximum absolute atomic E-state index is 8.98. The molecule has 2 rings (SSSR count). The average molecular weight is 190 g/mol. The van der Waals surface area contributed by atoms with Gasteiger partial charge in [0.15, 0.2) is 0 Å². The van der Waals surface area contributed by atoms with E-state index in [1.54, 1.807) is 29.3 Å². The Bertz CT molecular complexity index is 424. The summed E-state index contributed by atoms with van der Waals surface area (Å²) in [4.78, 5) is 8.09. The van der Waals surface area contributed by atoms with Gasteiger partial charge in [0, 0.05) is 24.2 Å². The predicted molar refractivity (Wildman–Crippen MR) is 49.8 cm³/mol. The van der Waals surface area contributed by atoms with Gasteiger partial charge in [0.25, 0.3) is 0 Å². The molecule has 0 unspecified atom stereocenters. The number of aliphatic hydroxyl groups excluding tert-OH is 1. The van der Waals surface area contributed by atoms with Crippen molar-refractivity contribution in [3.05, 3.63) is 35.9 Å². The first kappa shape index (κ1) is 8.83. The van der Waals surface area contributed by atoms with Gasteiger partial charge in [-0.05, 0) is 13.0 Å². The maximum Gasteiger partial charge on any atom is 0.250 e. The molecule has 0 radical (unpaired) electrons. The molecule has 2 aromatic heterocycles. The fourth-order valence-corrected chi connectivity index (χ4v) is 1.16.